The van der Waals surface area contributed by atoms with E-state index in [4.69, 9.17) is 25.7 Å². The number of nitrogens with two attached hydrogens (primary N) is 2. The number of primary amides is 1. The van der Waals surface area contributed by atoms with Crippen molar-refractivity contribution in [2.45, 2.75) is 39.3 Å². The molecule has 1 aromatic heterocycles. The average Bonchev–Trinajstić information content (AvgIpc) is 3.27. The van der Waals surface area contributed by atoms with E-state index < -0.39 is 29.3 Å². The van der Waals surface area contributed by atoms with E-state index in [1.807, 2.05) is 27.7 Å². The van der Waals surface area contributed by atoms with Gasteiger partial charge in [-0.25, -0.2) is 0 Å². The zero-order chi connectivity index (χ0) is 28.9. The Labute approximate surface area is 231 Å². The first kappa shape index (κ1) is 29.2. The lowest BCUT2D eigenvalue weighted by Crippen LogP contribution is -2.49. The number of hydrogen-bond donors (Lipinski definition) is 3. The van der Waals surface area contributed by atoms with Gasteiger partial charge in [0.1, 0.15) is 16.7 Å². The molecule has 1 unspecified atom stereocenters. The lowest BCUT2D eigenvalue weighted by Gasteiger charge is -2.34. The summed E-state index contributed by atoms with van der Waals surface area (Å²) in [6.45, 7) is 7.84. The van der Waals surface area contributed by atoms with E-state index in [9.17, 15) is 14.4 Å². The highest BCUT2D eigenvalue weighted by Gasteiger charge is 2.37. The molecule has 11 nitrogen and oxygen atoms in total. The van der Waals surface area contributed by atoms with Gasteiger partial charge in [-0.05, 0) is 69.1 Å². The van der Waals surface area contributed by atoms with Crippen LogP contribution in [0.3, 0.4) is 0 Å². The molecule has 0 aliphatic rings. The van der Waals surface area contributed by atoms with Crippen LogP contribution in [0.15, 0.2) is 42.5 Å². The Balaban J connectivity index is 2.28. The normalized spacial score (nSPS) is 11.8. The molecule has 208 valence electrons. The van der Waals surface area contributed by atoms with Crippen LogP contribution in [0.25, 0.3) is 0 Å². The van der Waals surface area contributed by atoms with Crippen molar-refractivity contribution in [1.82, 2.24) is 9.69 Å². The molecule has 0 spiro atoms. The van der Waals surface area contributed by atoms with Crippen molar-refractivity contribution in [3.8, 4) is 17.2 Å². The number of carbonyl (C=O) groups excluding carboxylic acids is 3. The number of methoxy groups -OCH3 is 2. The maximum Gasteiger partial charge on any atom is 0.273 e. The van der Waals surface area contributed by atoms with Gasteiger partial charge in [0.2, 0.25) is 5.91 Å². The molecule has 3 aromatic rings. The van der Waals surface area contributed by atoms with Gasteiger partial charge < -0.3 is 31.0 Å². The number of hydrogen-bond acceptors (Lipinski definition) is 9. The topological polar surface area (TPSA) is 159 Å². The van der Waals surface area contributed by atoms with E-state index in [1.165, 1.54) is 19.1 Å². The number of anilines is 2. The molecule has 0 aliphatic heterocycles. The number of carbonyl (C=O) groups is 3. The van der Waals surface area contributed by atoms with Crippen molar-refractivity contribution in [2.24, 2.45) is 5.73 Å². The summed E-state index contributed by atoms with van der Waals surface area (Å²) in [5.74, 6) is -0.601. The Morgan fingerprint density at radius 2 is 1.69 bits per heavy atom. The van der Waals surface area contributed by atoms with Crippen molar-refractivity contribution in [3.63, 3.8) is 0 Å². The van der Waals surface area contributed by atoms with Crippen molar-refractivity contribution < 1.29 is 28.6 Å². The molecule has 5 N–H and O–H groups in total. The largest absolute Gasteiger partial charge is 0.494 e. The molecule has 1 atom stereocenters. The molecule has 0 aliphatic carbocycles. The van der Waals surface area contributed by atoms with Crippen LogP contribution in [-0.2, 0) is 4.79 Å². The van der Waals surface area contributed by atoms with Gasteiger partial charge in [0.05, 0.1) is 26.5 Å². The van der Waals surface area contributed by atoms with Crippen molar-refractivity contribution in [3.05, 3.63) is 58.6 Å². The van der Waals surface area contributed by atoms with Gasteiger partial charge in [0.15, 0.2) is 17.2 Å². The predicted octanol–water partition coefficient (Wildman–Crippen LogP) is 3.54. The quantitative estimate of drug-likeness (QED) is 0.343. The number of nitrogen functional groups attached to an aromatic ring is 1. The van der Waals surface area contributed by atoms with E-state index in [0.29, 0.717) is 35.1 Å². The molecule has 39 heavy (non-hydrogen) atoms. The number of rotatable bonds is 10. The van der Waals surface area contributed by atoms with Gasteiger partial charge in [0, 0.05) is 17.3 Å². The zero-order valence-electron chi connectivity index (χ0n) is 22.7. The minimum Gasteiger partial charge on any atom is -0.494 e. The number of ether oxygens (including phenoxy) is 3. The van der Waals surface area contributed by atoms with Crippen LogP contribution in [-0.4, -0.2) is 48.5 Å². The minimum absolute atomic E-state index is 0.0434. The van der Waals surface area contributed by atoms with Gasteiger partial charge in [-0.1, -0.05) is 12.1 Å². The Bertz CT molecular complexity index is 1350. The van der Waals surface area contributed by atoms with E-state index in [1.54, 1.807) is 42.5 Å². The van der Waals surface area contributed by atoms with Gasteiger partial charge in [-0.3, -0.25) is 19.3 Å². The van der Waals surface area contributed by atoms with Gasteiger partial charge >= 0.3 is 0 Å². The molecule has 3 amide bonds. The first-order valence-corrected chi connectivity index (χ1v) is 12.8. The Kier molecular flexibility index (Phi) is 9.02. The smallest absolute Gasteiger partial charge is 0.273 e. The van der Waals surface area contributed by atoms with E-state index >= 15 is 0 Å². The van der Waals surface area contributed by atoms with Gasteiger partial charge in [0.25, 0.3) is 11.8 Å². The predicted molar refractivity (Wildman–Crippen MR) is 150 cm³/mol. The Hall–Kier alpha value is -4.32. The number of aromatic nitrogens is 1. The SMILES string of the molecule is CCOc1ccc(C(C(=O)NC(C)(C)C)N(C(=O)c2snc(C(N)=O)c2N)c2ccc(OC)c(OC)c2)cc1. The van der Waals surface area contributed by atoms with Gasteiger partial charge in [-0.15, -0.1) is 0 Å². The van der Waals surface area contributed by atoms with Crippen LogP contribution in [0.4, 0.5) is 11.4 Å². The molecule has 0 saturated carbocycles. The number of nitrogens with zero attached hydrogens (tertiary/aromatic N) is 2. The fraction of sp³-hybridized carbons (Fsp3) is 0.333. The number of amides is 3. The van der Waals surface area contributed by atoms with Crippen LogP contribution < -0.4 is 35.9 Å². The highest BCUT2D eigenvalue weighted by Crippen LogP contribution is 2.38. The summed E-state index contributed by atoms with van der Waals surface area (Å²) < 4.78 is 20.4. The molecule has 2 aromatic carbocycles. The fourth-order valence-electron chi connectivity index (χ4n) is 3.87. The Morgan fingerprint density at radius 3 is 2.21 bits per heavy atom. The third-order valence-corrected chi connectivity index (χ3v) is 6.38. The molecule has 12 heteroatoms. The monoisotopic (exact) mass is 555 g/mol. The summed E-state index contributed by atoms with van der Waals surface area (Å²) >= 11 is 0.725. The second kappa shape index (κ2) is 12.0. The standard InChI is InChI=1S/C27H33N5O6S/c1-7-38-17-11-8-15(9-12-17)22(25(34)30-27(2,3)4)32(16-10-13-18(36-5)19(14-16)37-6)26(35)23-20(28)21(24(29)33)31-39-23/h8-14,22H,7,28H2,1-6H3,(H2,29,33)(H,30,34). The summed E-state index contributed by atoms with van der Waals surface area (Å²) in [5, 5.41) is 2.97. The lowest BCUT2D eigenvalue weighted by molar-refractivity contribution is -0.123. The minimum atomic E-state index is -1.16. The highest BCUT2D eigenvalue weighted by atomic mass is 32.1. The molecule has 0 saturated heterocycles. The molecular weight excluding hydrogens is 522 g/mol. The van der Waals surface area contributed by atoms with Crippen LogP contribution >= 0.6 is 11.5 Å². The molecule has 0 radical (unpaired) electrons. The van der Waals surface area contributed by atoms with Crippen molar-refractivity contribution in [1.29, 1.82) is 0 Å². The summed E-state index contributed by atoms with van der Waals surface area (Å²) in [7, 11) is 2.95. The first-order valence-electron chi connectivity index (χ1n) is 12.1. The molecule has 1 heterocycles. The molecular formula is C27H33N5O6S. The van der Waals surface area contributed by atoms with Crippen molar-refractivity contribution >= 4 is 40.6 Å². The lowest BCUT2D eigenvalue weighted by atomic mass is 10.00. The maximum absolute atomic E-state index is 14.2. The third kappa shape index (κ3) is 6.58. The third-order valence-electron chi connectivity index (χ3n) is 5.53. The van der Waals surface area contributed by atoms with Crippen LogP contribution in [0.1, 0.15) is 59.5 Å². The second-order valence-electron chi connectivity index (χ2n) is 9.50. The highest BCUT2D eigenvalue weighted by molar-refractivity contribution is 7.09. The number of benzene rings is 2. The Morgan fingerprint density at radius 1 is 1.05 bits per heavy atom. The molecule has 0 bridgehead atoms. The summed E-state index contributed by atoms with van der Waals surface area (Å²) in [6, 6.07) is 10.5. The van der Waals surface area contributed by atoms with Crippen LogP contribution in [0.2, 0.25) is 0 Å². The summed E-state index contributed by atoms with van der Waals surface area (Å²) in [5.41, 5.74) is 11.3. The van der Waals surface area contributed by atoms with Gasteiger partial charge in [-0.2, -0.15) is 4.37 Å². The average molecular weight is 556 g/mol. The van der Waals surface area contributed by atoms with E-state index in [2.05, 4.69) is 9.69 Å². The second-order valence-corrected chi connectivity index (χ2v) is 10.3. The molecule has 3 rings (SSSR count). The van der Waals surface area contributed by atoms with Crippen LogP contribution in [0.5, 0.6) is 17.2 Å². The van der Waals surface area contributed by atoms with Crippen molar-refractivity contribution in [2.75, 3.05) is 31.5 Å². The summed E-state index contributed by atoms with van der Waals surface area (Å²) in [6.07, 6.45) is 0. The molecule has 0 fully saturated rings. The van der Waals surface area contributed by atoms with E-state index in [-0.39, 0.29) is 16.3 Å². The maximum atomic E-state index is 14.2. The van der Waals surface area contributed by atoms with Crippen LogP contribution in [0, 0.1) is 0 Å². The fourth-order valence-corrected chi connectivity index (χ4v) is 4.61. The summed E-state index contributed by atoms with van der Waals surface area (Å²) in [4.78, 5) is 41.1. The zero-order valence-corrected chi connectivity index (χ0v) is 23.5. The number of nitrogens with one attached hydrogen (secondary N) is 1. The first-order chi connectivity index (χ1) is 18.4. The van der Waals surface area contributed by atoms with E-state index in [0.717, 1.165) is 11.5 Å².